The molecule has 6 heteroatoms. The third kappa shape index (κ3) is 2.18. The van der Waals surface area contributed by atoms with Crippen LogP contribution in [0.25, 0.3) is 0 Å². The zero-order chi connectivity index (χ0) is 11.4. The molecule has 0 aliphatic rings. The molecule has 0 atom stereocenters. The Labute approximate surface area is 84.1 Å². The van der Waals surface area contributed by atoms with Crippen LogP contribution in [-0.4, -0.2) is 12.1 Å². The molecule has 0 aromatic carbocycles. The van der Waals surface area contributed by atoms with Gasteiger partial charge in [0.15, 0.2) is 5.82 Å². The van der Waals surface area contributed by atoms with Crippen molar-refractivity contribution in [3.63, 3.8) is 0 Å². The summed E-state index contributed by atoms with van der Waals surface area (Å²) in [5.74, 6) is -1.39. The standard InChI is InChI=1S/C9H7F3N2O/c1-15-9-7(10)5(2-3-13)6(4-14-9)8(11)12/h4,8H,2H2,1H3. The van der Waals surface area contributed by atoms with Gasteiger partial charge in [-0.2, -0.15) is 5.26 Å². The van der Waals surface area contributed by atoms with Gasteiger partial charge in [-0.15, -0.1) is 0 Å². The predicted octanol–water partition coefficient (Wildman–Crippen LogP) is 2.23. The monoisotopic (exact) mass is 216 g/mol. The second kappa shape index (κ2) is 4.64. The molecule has 0 bridgehead atoms. The molecule has 0 aliphatic heterocycles. The first kappa shape index (κ1) is 11.3. The van der Waals surface area contributed by atoms with Crippen LogP contribution < -0.4 is 4.74 Å². The summed E-state index contributed by atoms with van der Waals surface area (Å²) < 4.78 is 42.8. The van der Waals surface area contributed by atoms with E-state index in [4.69, 9.17) is 5.26 Å². The summed E-state index contributed by atoms with van der Waals surface area (Å²) in [6.45, 7) is 0. The first-order chi connectivity index (χ1) is 7.11. The van der Waals surface area contributed by atoms with E-state index in [1.165, 1.54) is 7.11 Å². The summed E-state index contributed by atoms with van der Waals surface area (Å²) in [6, 6.07) is 1.61. The van der Waals surface area contributed by atoms with Crippen LogP contribution in [0.5, 0.6) is 5.88 Å². The predicted molar refractivity (Wildman–Crippen MR) is 45.0 cm³/mol. The average molecular weight is 216 g/mol. The second-order valence-corrected chi connectivity index (χ2v) is 2.65. The van der Waals surface area contributed by atoms with Gasteiger partial charge in [0.2, 0.25) is 5.88 Å². The summed E-state index contributed by atoms with van der Waals surface area (Å²) in [6.07, 6.45) is -2.48. The van der Waals surface area contributed by atoms with Gasteiger partial charge < -0.3 is 4.74 Å². The highest BCUT2D eigenvalue weighted by Crippen LogP contribution is 2.28. The molecular formula is C9H7F3N2O. The fourth-order valence-electron chi connectivity index (χ4n) is 1.11. The van der Waals surface area contributed by atoms with E-state index in [0.29, 0.717) is 0 Å². The van der Waals surface area contributed by atoms with Gasteiger partial charge in [-0.05, 0) is 0 Å². The van der Waals surface area contributed by atoms with Gasteiger partial charge in [0, 0.05) is 17.3 Å². The van der Waals surface area contributed by atoms with Crippen molar-refractivity contribution >= 4 is 0 Å². The molecule has 0 spiro atoms. The Balaban J connectivity index is 3.32. The lowest BCUT2D eigenvalue weighted by Gasteiger charge is -2.09. The van der Waals surface area contributed by atoms with E-state index >= 15 is 0 Å². The molecule has 0 saturated carbocycles. The highest BCUT2D eigenvalue weighted by molar-refractivity contribution is 5.34. The molecule has 15 heavy (non-hydrogen) atoms. The van der Waals surface area contributed by atoms with E-state index in [2.05, 4.69) is 9.72 Å². The first-order valence-corrected chi connectivity index (χ1v) is 3.98. The van der Waals surface area contributed by atoms with Crippen LogP contribution in [0.4, 0.5) is 13.2 Å². The highest BCUT2D eigenvalue weighted by Gasteiger charge is 2.20. The molecule has 0 N–H and O–H groups in total. The van der Waals surface area contributed by atoms with Crippen LogP contribution in [0.2, 0.25) is 0 Å². The maximum absolute atomic E-state index is 13.4. The first-order valence-electron chi connectivity index (χ1n) is 3.98. The largest absolute Gasteiger partial charge is 0.479 e. The van der Waals surface area contributed by atoms with Crippen LogP contribution in [0.1, 0.15) is 17.6 Å². The Morgan fingerprint density at radius 3 is 2.73 bits per heavy atom. The fraction of sp³-hybridized carbons (Fsp3) is 0.333. The van der Waals surface area contributed by atoms with Gasteiger partial charge in [-0.1, -0.05) is 0 Å². The normalized spacial score (nSPS) is 10.1. The lowest BCUT2D eigenvalue weighted by atomic mass is 10.1. The Morgan fingerprint density at radius 1 is 1.60 bits per heavy atom. The molecular weight excluding hydrogens is 209 g/mol. The molecule has 0 unspecified atom stereocenters. The number of hydrogen-bond acceptors (Lipinski definition) is 3. The number of methoxy groups -OCH3 is 1. The Hall–Kier alpha value is -1.77. The minimum atomic E-state index is -2.86. The van der Waals surface area contributed by atoms with Crippen molar-refractivity contribution in [2.75, 3.05) is 7.11 Å². The second-order valence-electron chi connectivity index (χ2n) is 2.65. The number of nitrogens with zero attached hydrogens (tertiary/aromatic N) is 2. The van der Waals surface area contributed by atoms with Gasteiger partial charge in [-0.3, -0.25) is 0 Å². The minimum Gasteiger partial charge on any atom is -0.479 e. The summed E-state index contributed by atoms with van der Waals surface area (Å²) in [4.78, 5) is 3.37. The van der Waals surface area contributed by atoms with Crippen molar-refractivity contribution < 1.29 is 17.9 Å². The topological polar surface area (TPSA) is 45.9 Å². The molecule has 0 fully saturated rings. The molecule has 0 amide bonds. The Bertz CT molecular complexity index is 401. The maximum atomic E-state index is 13.4. The van der Waals surface area contributed by atoms with Crippen LogP contribution in [0.3, 0.4) is 0 Å². The van der Waals surface area contributed by atoms with Gasteiger partial charge in [0.25, 0.3) is 6.43 Å². The zero-order valence-electron chi connectivity index (χ0n) is 7.80. The summed E-state index contributed by atoms with van der Waals surface area (Å²) in [7, 11) is 1.17. The number of halogens is 3. The molecule has 80 valence electrons. The van der Waals surface area contributed by atoms with Gasteiger partial charge in [0.1, 0.15) is 0 Å². The van der Waals surface area contributed by atoms with Crippen LogP contribution in [0.15, 0.2) is 6.20 Å². The number of aromatic nitrogens is 1. The van der Waals surface area contributed by atoms with Crippen LogP contribution >= 0.6 is 0 Å². The molecule has 0 radical (unpaired) electrons. The van der Waals surface area contributed by atoms with Crippen molar-refractivity contribution in [1.82, 2.24) is 4.98 Å². The van der Waals surface area contributed by atoms with E-state index in [-0.39, 0.29) is 11.4 Å². The molecule has 0 saturated heterocycles. The van der Waals surface area contributed by atoms with Crippen LogP contribution in [-0.2, 0) is 6.42 Å². The van der Waals surface area contributed by atoms with Crippen molar-refractivity contribution in [3.05, 3.63) is 23.1 Å². The number of hydrogen-bond donors (Lipinski definition) is 0. The fourth-order valence-corrected chi connectivity index (χ4v) is 1.11. The smallest absolute Gasteiger partial charge is 0.265 e. The SMILES string of the molecule is COc1ncc(C(F)F)c(CC#N)c1F. The number of nitriles is 1. The summed E-state index contributed by atoms with van der Waals surface area (Å²) >= 11 is 0. The number of alkyl halides is 2. The molecule has 3 nitrogen and oxygen atoms in total. The van der Waals surface area contributed by atoms with E-state index < -0.39 is 24.2 Å². The third-order valence-electron chi connectivity index (χ3n) is 1.81. The van der Waals surface area contributed by atoms with Gasteiger partial charge in [0.05, 0.1) is 19.6 Å². The van der Waals surface area contributed by atoms with E-state index in [1.807, 2.05) is 0 Å². The molecule has 0 aliphatic carbocycles. The average Bonchev–Trinajstić information content (AvgIpc) is 2.20. The lowest BCUT2D eigenvalue weighted by molar-refractivity contribution is 0.149. The van der Waals surface area contributed by atoms with E-state index in [1.54, 1.807) is 6.07 Å². The van der Waals surface area contributed by atoms with E-state index in [9.17, 15) is 13.2 Å². The van der Waals surface area contributed by atoms with Gasteiger partial charge >= 0.3 is 0 Å². The summed E-state index contributed by atoms with van der Waals surface area (Å²) in [5.41, 5.74) is -0.936. The van der Waals surface area contributed by atoms with Crippen molar-refractivity contribution in [3.8, 4) is 11.9 Å². The maximum Gasteiger partial charge on any atom is 0.265 e. The zero-order valence-corrected chi connectivity index (χ0v) is 7.80. The number of ether oxygens (including phenoxy) is 1. The Kier molecular flexibility index (Phi) is 3.50. The minimum absolute atomic E-state index is 0.362. The third-order valence-corrected chi connectivity index (χ3v) is 1.81. The van der Waals surface area contributed by atoms with Gasteiger partial charge in [-0.25, -0.2) is 18.2 Å². The number of pyridine rings is 1. The van der Waals surface area contributed by atoms with Crippen LogP contribution in [0, 0.1) is 17.1 Å². The molecule has 1 aromatic heterocycles. The Morgan fingerprint density at radius 2 is 2.27 bits per heavy atom. The lowest BCUT2D eigenvalue weighted by Crippen LogP contribution is -2.03. The quantitative estimate of drug-likeness (QED) is 0.778. The van der Waals surface area contributed by atoms with E-state index in [0.717, 1.165) is 6.20 Å². The highest BCUT2D eigenvalue weighted by atomic mass is 19.3. The van der Waals surface area contributed by atoms with Crippen molar-refractivity contribution in [1.29, 1.82) is 5.26 Å². The number of rotatable bonds is 3. The summed E-state index contributed by atoms with van der Waals surface area (Å²) in [5, 5.41) is 8.39. The molecule has 1 heterocycles. The molecule has 1 aromatic rings. The van der Waals surface area contributed by atoms with Crippen molar-refractivity contribution in [2.45, 2.75) is 12.8 Å². The van der Waals surface area contributed by atoms with Crippen molar-refractivity contribution in [2.24, 2.45) is 0 Å². The molecule has 1 rings (SSSR count).